The van der Waals surface area contributed by atoms with Crippen molar-refractivity contribution < 1.29 is 9.15 Å². The first-order valence-corrected chi connectivity index (χ1v) is 4.78. The van der Waals surface area contributed by atoms with Gasteiger partial charge in [-0.05, 0) is 19.1 Å². The zero-order valence-corrected chi connectivity index (χ0v) is 7.89. The number of benzene rings is 1. The second kappa shape index (κ2) is 3.22. The number of hydrogen-bond acceptors (Lipinski definition) is 4. The van der Waals surface area contributed by atoms with Gasteiger partial charge in [0.2, 0.25) is 0 Å². The van der Waals surface area contributed by atoms with Crippen LogP contribution in [0.4, 0.5) is 0 Å². The SMILES string of the molecule is CCOc1ccc2sc(=O)oc2c1. The quantitative estimate of drug-likeness (QED) is 0.739. The van der Waals surface area contributed by atoms with Crippen LogP contribution in [0.25, 0.3) is 10.3 Å². The number of hydrogen-bond donors (Lipinski definition) is 0. The van der Waals surface area contributed by atoms with Crippen LogP contribution in [0.1, 0.15) is 6.92 Å². The highest BCUT2D eigenvalue weighted by Crippen LogP contribution is 2.22. The van der Waals surface area contributed by atoms with E-state index in [0.717, 1.165) is 21.8 Å². The van der Waals surface area contributed by atoms with Gasteiger partial charge in [-0.3, -0.25) is 0 Å². The van der Waals surface area contributed by atoms with E-state index in [1.807, 2.05) is 19.1 Å². The lowest BCUT2D eigenvalue weighted by Gasteiger charge is -2.00. The molecule has 0 spiro atoms. The van der Waals surface area contributed by atoms with E-state index in [-0.39, 0.29) is 4.94 Å². The van der Waals surface area contributed by atoms with Gasteiger partial charge in [0.05, 0.1) is 11.3 Å². The van der Waals surface area contributed by atoms with Crippen molar-refractivity contribution in [2.24, 2.45) is 0 Å². The van der Waals surface area contributed by atoms with Crippen LogP contribution in [0, 0.1) is 0 Å². The van der Waals surface area contributed by atoms with Gasteiger partial charge in [-0.1, -0.05) is 11.3 Å². The fraction of sp³-hybridized carbons (Fsp3) is 0.222. The average molecular weight is 196 g/mol. The molecular weight excluding hydrogens is 188 g/mol. The Hall–Kier alpha value is -1.29. The van der Waals surface area contributed by atoms with Crippen LogP contribution in [-0.4, -0.2) is 6.61 Å². The molecule has 2 rings (SSSR count). The molecule has 0 fully saturated rings. The maximum atomic E-state index is 10.9. The predicted octanol–water partition coefficient (Wildman–Crippen LogP) is 2.25. The molecule has 13 heavy (non-hydrogen) atoms. The van der Waals surface area contributed by atoms with Crippen LogP contribution in [0.3, 0.4) is 0 Å². The second-order valence-electron chi connectivity index (χ2n) is 2.50. The van der Waals surface area contributed by atoms with Gasteiger partial charge < -0.3 is 9.15 Å². The summed E-state index contributed by atoms with van der Waals surface area (Å²) in [6.07, 6.45) is 0. The molecule has 0 N–H and O–H groups in total. The summed E-state index contributed by atoms with van der Waals surface area (Å²) in [7, 11) is 0. The molecular formula is C9H8O3S. The number of rotatable bonds is 2. The van der Waals surface area contributed by atoms with Crippen LogP contribution in [0.5, 0.6) is 5.75 Å². The lowest BCUT2D eigenvalue weighted by Crippen LogP contribution is -1.89. The third-order valence-electron chi connectivity index (χ3n) is 1.61. The van der Waals surface area contributed by atoms with Crippen molar-refractivity contribution in [1.29, 1.82) is 0 Å². The lowest BCUT2D eigenvalue weighted by atomic mass is 10.3. The molecule has 1 aromatic heterocycles. The molecule has 3 nitrogen and oxygen atoms in total. The molecule has 68 valence electrons. The first-order valence-electron chi connectivity index (χ1n) is 3.96. The fourth-order valence-corrected chi connectivity index (χ4v) is 1.76. The maximum absolute atomic E-state index is 10.9. The van der Waals surface area contributed by atoms with Crippen molar-refractivity contribution in [3.8, 4) is 5.75 Å². The molecule has 0 saturated carbocycles. The third kappa shape index (κ3) is 1.58. The smallest absolute Gasteiger partial charge is 0.396 e. The van der Waals surface area contributed by atoms with E-state index in [0.29, 0.717) is 12.2 Å². The Morgan fingerprint density at radius 2 is 2.38 bits per heavy atom. The minimum Gasteiger partial charge on any atom is -0.494 e. The van der Waals surface area contributed by atoms with Crippen molar-refractivity contribution in [2.75, 3.05) is 6.61 Å². The monoisotopic (exact) mass is 196 g/mol. The summed E-state index contributed by atoms with van der Waals surface area (Å²) in [5, 5.41) is 0. The number of ether oxygens (including phenoxy) is 1. The van der Waals surface area contributed by atoms with Crippen molar-refractivity contribution in [3.05, 3.63) is 27.9 Å². The zero-order chi connectivity index (χ0) is 9.26. The van der Waals surface area contributed by atoms with Gasteiger partial charge in [0.25, 0.3) is 0 Å². The van der Waals surface area contributed by atoms with Gasteiger partial charge >= 0.3 is 4.94 Å². The van der Waals surface area contributed by atoms with E-state index >= 15 is 0 Å². The summed E-state index contributed by atoms with van der Waals surface area (Å²) >= 11 is 1.10. The summed E-state index contributed by atoms with van der Waals surface area (Å²) in [6, 6.07) is 5.39. The zero-order valence-electron chi connectivity index (χ0n) is 7.07. The maximum Gasteiger partial charge on any atom is 0.396 e. The van der Waals surface area contributed by atoms with E-state index in [2.05, 4.69) is 0 Å². The van der Waals surface area contributed by atoms with E-state index < -0.39 is 0 Å². The van der Waals surface area contributed by atoms with Crippen molar-refractivity contribution >= 4 is 21.6 Å². The van der Waals surface area contributed by atoms with Crippen molar-refractivity contribution in [2.45, 2.75) is 6.92 Å². The van der Waals surface area contributed by atoms with Crippen LogP contribution in [0.2, 0.25) is 0 Å². The first kappa shape index (κ1) is 8.31. The summed E-state index contributed by atoms with van der Waals surface area (Å²) in [5.41, 5.74) is 0.598. The van der Waals surface area contributed by atoms with Gasteiger partial charge in [0, 0.05) is 6.07 Å². The van der Waals surface area contributed by atoms with Gasteiger partial charge in [-0.2, -0.15) is 0 Å². The van der Waals surface area contributed by atoms with Gasteiger partial charge in [0.1, 0.15) is 5.75 Å². The first-order chi connectivity index (χ1) is 6.29. The molecule has 2 aromatic rings. The largest absolute Gasteiger partial charge is 0.494 e. The molecule has 0 bridgehead atoms. The summed E-state index contributed by atoms with van der Waals surface area (Å²) in [4.78, 5) is 10.6. The van der Waals surface area contributed by atoms with E-state index in [1.54, 1.807) is 6.07 Å². The Morgan fingerprint density at radius 3 is 3.15 bits per heavy atom. The van der Waals surface area contributed by atoms with Gasteiger partial charge in [0.15, 0.2) is 5.58 Å². The average Bonchev–Trinajstić information content (AvgIpc) is 2.44. The Kier molecular flexibility index (Phi) is 2.06. The third-order valence-corrected chi connectivity index (χ3v) is 2.42. The second-order valence-corrected chi connectivity index (χ2v) is 3.47. The van der Waals surface area contributed by atoms with E-state index in [4.69, 9.17) is 9.15 Å². The minimum absolute atomic E-state index is 0.274. The molecule has 0 aliphatic carbocycles. The Labute approximate surface area is 78.6 Å². The highest BCUT2D eigenvalue weighted by molar-refractivity contribution is 7.16. The normalized spacial score (nSPS) is 10.5. The Morgan fingerprint density at radius 1 is 1.54 bits per heavy atom. The predicted molar refractivity (Wildman–Crippen MR) is 51.5 cm³/mol. The molecule has 1 heterocycles. The van der Waals surface area contributed by atoms with Crippen molar-refractivity contribution in [1.82, 2.24) is 0 Å². The fourth-order valence-electron chi connectivity index (χ4n) is 1.11. The van der Waals surface area contributed by atoms with Gasteiger partial charge in [-0.25, -0.2) is 4.79 Å². The van der Waals surface area contributed by atoms with Crippen LogP contribution < -0.4 is 9.68 Å². The summed E-state index contributed by atoms with van der Waals surface area (Å²) < 4.78 is 11.1. The molecule has 0 saturated heterocycles. The molecule has 1 aromatic carbocycles. The van der Waals surface area contributed by atoms with E-state index in [9.17, 15) is 4.79 Å². The lowest BCUT2D eigenvalue weighted by molar-refractivity contribution is 0.340. The Balaban J connectivity index is 2.54. The molecule has 0 amide bonds. The van der Waals surface area contributed by atoms with Crippen molar-refractivity contribution in [3.63, 3.8) is 0 Å². The molecule has 0 aliphatic rings. The minimum atomic E-state index is -0.274. The highest BCUT2D eigenvalue weighted by Gasteiger charge is 2.02. The molecule has 4 heteroatoms. The molecule has 0 atom stereocenters. The van der Waals surface area contributed by atoms with Crippen LogP contribution in [-0.2, 0) is 0 Å². The van der Waals surface area contributed by atoms with Crippen LogP contribution in [0.15, 0.2) is 27.4 Å². The van der Waals surface area contributed by atoms with Gasteiger partial charge in [-0.15, -0.1) is 0 Å². The Bertz CT molecular complexity index is 469. The molecule has 0 radical (unpaired) electrons. The molecule has 0 aliphatic heterocycles. The standard InChI is InChI=1S/C9H8O3S/c1-2-11-6-3-4-8-7(5-6)12-9(10)13-8/h3-5H,2H2,1H3. The van der Waals surface area contributed by atoms with E-state index in [1.165, 1.54) is 0 Å². The molecule has 0 unspecified atom stereocenters. The summed E-state index contributed by atoms with van der Waals surface area (Å²) in [6.45, 7) is 2.52. The number of fused-ring (bicyclic) bond motifs is 1. The summed E-state index contributed by atoms with van der Waals surface area (Å²) in [5.74, 6) is 0.733. The van der Waals surface area contributed by atoms with Crippen LogP contribution >= 0.6 is 11.3 Å². The highest BCUT2D eigenvalue weighted by atomic mass is 32.1. The topological polar surface area (TPSA) is 39.4 Å².